The minimum Gasteiger partial charge on any atom is -0.486 e. The van der Waals surface area contributed by atoms with Gasteiger partial charge in [0.25, 0.3) is 0 Å². The van der Waals surface area contributed by atoms with Crippen LogP contribution in [0, 0.1) is 0 Å². The van der Waals surface area contributed by atoms with E-state index in [4.69, 9.17) is 26.8 Å². The van der Waals surface area contributed by atoms with E-state index in [2.05, 4.69) is 24.0 Å². The van der Waals surface area contributed by atoms with E-state index in [0.717, 1.165) is 22.6 Å². The summed E-state index contributed by atoms with van der Waals surface area (Å²) in [4.78, 5) is 0. The Hall–Kier alpha value is -1.88. The van der Waals surface area contributed by atoms with E-state index in [1.54, 1.807) is 6.07 Å². The molecule has 0 radical (unpaired) electrons. The number of nitrogens with two attached hydrogens (primary N) is 1. The number of aromatic amines is 1. The van der Waals surface area contributed by atoms with Gasteiger partial charge >= 0.3 is 0 Å². The van der Waals surface area contributed by atoms with Gasteiger partial charge in [-0.3, -0.25) is 5.10 Å². The van der Waals surface area contributed by atoms with Crippen molar-refractivity contribution in [1.82, 2.24) is 10.2 Å². The second-order valence-electron chi connectivity index (χ2n) is 5.04. The summed E-state index contributed by atoms with van der Waals surface area (Å²) >= 11 is 6.31. The normalized spacial score (nSPS) is 13.8. The first-order valence-electron chi connectivity index (χ1n) is 6.51. The number of nitrogens with one attached hydrogen (secondary N) is 1. The molecule has 1 aliphatic heterocycles. The molecule has 106 valence electrons. The van der Waals surface area contributed by atoms with Crippen LogP contribution in [0.5, 0.6) is 11.5 Å². The summed E-state index contributed by atoms with van der Waals surface area (Å²) in [7, 11) is 0. The van der Waals surface area contributed by atoms with Gasteiger partial charge in [-0.1, -0.05) is 25.4 Å². The predicted octanol–water partition coefficient (Wildman–Crippen LogP) is 3.21. The standard InChI is InChI=1S/C14H16ClN3O2/c1-7(2)12-8(10-6-11(16)18-17-10)5-9(15)13-14(12)20-4-3-19-13/h5-7H,3-4H2,1-2H3,(H3,16,17,18). The summed E-state index contributed by atoms with van der Waals surface area (Å²) in [6.45, 7) is 5.24. The summed E-state index contributed by atoms with van der Waals surface area (Å²) < 4.78 is 11.4. The average molecular weight is 294 g/mol. The summed E-state index contributed by atoms with van der Waals surface area (Å²) in [5.41, 5.74) is 8.50. The number of aromatic nitrogens is 2. The molecule has 1 aromatic heterocycles. The number of hydrogen-bond donors (Lipinski definition) is 2. The molecule has 2 heterocycles. The van der Waals surface area contributed by atoms with Crippen LogP contribution in [0.4, 0.5) is 5.82 Å². The van der Waals surface area contributed by atoms with Crippen LogP contribution in [-0.2, 0) is 0 Å². The van der Waals surface area contributed by atoms with Gasteiger partial charge in [0.05, 0.1) is 10.7 Å². The van der Waals surface area contributed by atoms with E-state index < -0.39 is 0 Å². The van der Waals surface area contributed by atoms with Crippen LogP contribution in [0.15, 0.2) is 12.1 Å². The van der Waals surface area contributed by atoms with Crippen LogP contribution >= 0.6 is 11.6 Å². The highest BCUT2D eigenvalue weighted by Gasteiger charge is 2.25. The van der Waals surface area contributed by atoms with Crippen LogP contribution in [-0.4, -0.2) is 23.4 Å². The molecule has 20 heavy (non-hydrogen) atoms. The third kappa shape index (κ3) is 2.08. The van der Waals surface area contributed by atoms with Crippen LogP contribution in [0.3, 0.4) is 0 Å². The molecule has 2 aromatic rings. The molecule has 0 spiro atoms. The highest BCUT2D eigenvalue weighted by atomic mass is 35.5. The number of H-pyrrole nitrogens is 1. The number of anilines is 1. The zero-order valence-electron chi connectivity index (χ0n) is 11.4. The maximum absolute atomic E-state index is 6.31. The van der Waals surface area contributed by atoms with E-state index in [1.807, 2.05) is 6.07 Å². The predicted molar refractivity (Wildman–Crippen MR) is 78.5 cm³/mol. The monoisotopic (exact) mass is 293 g/mol. The number of nitrogen functional groups attached to an aromatic ring is 1. The fourth-order valence-electron chi connectivity index (χ4n) is 2.46. The Morgan fingerprint density at radius 3 is 2.55 bits per heavy atom. The van der Waals surface area contributed by atoms with Crippen molar-refractivity contribution in [3.63, 3.8) is 0 Å². The first kappa shape index (κ1) is 13.1. The Morgan fingerprint density at radius 1 is 1.25 bits per heavy atom. The van der Waals surface area contributed by atoms with Crippen molar-refractivity contribution in [2.75, 3.05) is 18.9 Å². The van der Waals surface area contributed by atoms with Gasteiger partial charge in [-0.25, -0.2) is 0 Å². The molecule has 0 aliphatic carbocycles. The molecule has 0 saturated heterocycles. The van der Waals surface area contributed by atoms with Gasteiger partial charge in [-0.2, -0.15) is 5.10 Å². The molecule has 0 unspecified atom stereocenters. The molecule has 1 aliphatic rings. The molecule has 0 fully saturated rings. The van der Waals surface area contributed by atoms with Gasteiger partial charge in [0.1, 0.15) is 19.0 Å². The zero-order valence-corrected chi connectivity index (χ0v) is 12.1. The number of nitrogens with zero attached hydrogens (tertiary/aromatic N) is 1. The van der Waals surface area contributed by atoms with Crippen LogP contribution in [0.1, 0.15) is 25.3 Å². The summed E-state index contributed by atoms with van der Waals surface area (Å²) in [5, 5.41) is 7.43. The number of rotatable bonds is 2. The molecule has 1 aromatic carbocycles. The van der Waals surface area contributed by atoms with E-state index >= 15 is 0 Å². The summed E-state index contributed by atoms with van der Waals surface area (Å²) in [6.07, 6.45) is 0. The van der Waals surface area contributed by atoms with Crippen molar-refractivity contribution in [3.05, 3.63) is 22.7 Å². The number of hydrogen-bond acceptors (Lipinski definition) is 4. The van der Waals surface area contributed by atoms with Crippen molar-refractivity contribution in [3.8, 4) is 22.8 Å². The van der Waals surface area contributed by atoms with Gasteiger partial charge in [0.2, 0.25) is 0 Å². The van der Waals surface area contributed by atoms with Gasteiger partial charge in [-0.15, -0.1) is 0 Å². The number of halogens is 1. The first-order valence-corrected chi connectivity index (χ1v) is 6.89. The fourth-order valence-corrected chi connectivity index (χ4v) is 2.71. The summed E-state index contributed by atoms with van der Waals surface area (Å²) in [5.74, 6) is 2.04. The van der Waals surface area contributed by atoms with Crippen LogP contribution in [0.25, 0.3) is 11.3 Å². The van der Waals surface area contributed by atoms with Gasteiger partial charge in [0, 0.05) is 17.2 Å². The quantitative estimate of drug-likeness (QED) is 0.892. The SMILES string of the molecule is CC(C)c1c(-c2cc(N)n[nH]2)cc(Cl)c2c1OCCO2. The molecular formula is C14H16ClN3O2. The number of fused-ring (bicyclic) bond motifs is 1. The van der Waals surface area contributed by atoms with Gasteiger partial charge in [-0.05, 0) is 12.0 Å². The maximum Gasteiger partial charge on any atom is 0.180 e. The Morgan fingerprint density at radius 2 is 1.95 bits per heavy atom. The number of benzene rings is 1. The Bertz CT molecular complexity index is 652. The minimum atomic E-state index is 0.252. The largest absolute Gasteiger partial charge is 0.486 e. The lowest BCUT2D eigenvalue weighted by atomic mass is 9.93. The van der Waals surface area contributed by atoms with Gasteiger partial charge in [0.15, 0.2) is 11.5 Å². The molecule has 6 heteroatoms. The molecule has 0 saturated carbocycles. The zero-order chi connectivity index (χ0) is 14.3. The van der Waals surface area contributed by atoms with Gasteiger partial charge < -0.3 is 15.2 Å². The molecule has 3 N–H and O–H groups in total. The molecule has 3 rings (SSSR count). The lowest BCUT2D eigenvalue weighted by molar-refractivity contribution is 0.169. The highest BCUT2D eigenvalue weighted by molar-refractivity contribution is 6.32. The van der Waals surface area contributed by atoms with Crippen LogP contribution < -0.4 is 15.2 Å². The first-order chi connectivity index (χ1) is 9.58. The van der Waals surface area contributed by atoms with Crippen molar-refractivity contribution in [2.45, 2.75) is 19.8 Å². The second kappa shape index (κ2) is 4.90. The van der Waals surface area contributed by atoms with Crippen molar-refractivity contribution < 1.29 is 9.47 Å². The average Bonchev–Trinajstić information content (AvgIpc) is 2.85. The number of ether oxygens (including phenoxy) is 2. The summed E-state index contributed by atoms with van der Waals surface area (Å²) in [6, 6.07) is 3.66. The van der Waals surface area contributed by atoms with Crippen molar-refractivity contribution in [1.29, 1.82) is 0 Å². The molecule has 0 amide bonds. The van der Waals surface area contributed by atoms with E-state index in [-0.39, 0.29) is 5.92 Å². The highest BCUT2D eigenvalue weighted by Crippen LogP contribution is 2.47. The van der Waals surface area contributed by atoms with Crippen molar-refractivity contribution in [2.24, 2.45) is 0 Å². The fraction of sp³-hybridized carbons (Fsp3) is 0.357. The van der Waals surface area contributed by atoms with E-state index in [1.165, 1.54) is 0 Å². The lowest BCUT2D eigenvalue weighted by Crippen LogP contribution is -2.17. The Labute approximate surface area is 122 Å². The topological polar surface area (TPSA) is 73.2 Å². The smallest absolute Gasteiger partial charge is 0.180 e. The molecule has 0 atom stereocenters. The second-order valence-corrected chi connectivity index (χ2v) is 5.44. The lowest BCUT2D eigenvalue weighted by Gasteiger charge is -2.25. The molecule has 5 nitrogen and oxygen atoms in total. The van der Waals surface area contributed by atoms with Crippen LogP contribution in [0.2, 0.25) is 5.02 Å². The third-order valence-electron chi connectivity index (χ3n) is 3.27. The minimum absolute atomic E-state index is 0.252. The maximum atomic E-state index is 6.31. The Balaban J connectivity index is 2.26. The van der Waals surface area contributed by atoms with E-state index in [9.17, 15) is 0 Å². The molecular weight excluding hydrogens is 278 g/mol. The Kier molecular flexibility index (Phi) is 3.22. The molecule has 0 bridgehead atoms. The van der Waals surface area contributed by atoms with Crippen molar-refractivity contribution >= 4 is 17.4 Å². The van der Waals surface area contributed by atoms with E-state index in [0.29, 0.717) is 29.8 Å². The third-order valence-corrected chi connectivity index (χ3v) is 3.55.